The van der Waals surface area contributed by atoms with Crippen molar-refractivity contribution in [2.75, 3.05) is 5.75 Å². The third kappa shape index (κ3) is 3.96. The van der Waals surface area contributed by atoms with Crippen molar-refractivity contribution in [1.82, 2.24) is 4.57 Å². The number of aromatic nitrogens is 1. The Morgan fingerprint density at radius 1 is 1.17 bits per heavy atom. The largest absolute Gasteiger partial charge is 0.489 e. The van der Waals surface area contributed by atoms with Crippen molar-refractivity contribution in [2.45, 2.75) is 37.2 Å². The Hall–Kier alpha value is -2.93. The first-order valence-corrected chi connectivity index (χ1v) is 10.6. The van der Waals surface area contributed by atoms with Crippen LogP contribution in [-0.2, 0) is 0 Å². The van der Waals surface area contributed by atoms with Gasteiger partial charge in [0.15, 0.2) is 0 Å². The van der Waals surface area contributed by atoms with Crippen molar-refractivity contribution in [3.63, 3.8) is 0 Å². The molecule has 2 aromatic carbocycles. The molecule has 1 heterocycles. The molecule has 2 amide bonds. The Balaban J connectivity index is 1.87. The summed E-state index contributed by atoms with van der Waals surface area (Å²) >= 11 is 1.72. The van der Waals surface area contributed by atoms with Crippen molar-refractivity contribution in [3.8, 4) is 16.9 Å². The van der Waals surface area contributed by atoms with E-state index in [2.05, 4.69) is 6.92 Å². The Labute approximate surface area is 173 Å². The van der Waals surface area contributed by atoms with Gasteiger partial charge in [-0.05, 0) is 54.8 Å². The number of hydrogen-bond acceptors (Lipinski definition) is 4. The second kappa shape index (κ2) is 7.83. The molecule has 3 aromatic rings. The van der Waals surface area contributed by atoms with Gasteiger partial charge in [0.05, 0.1) is 16.5 Å². The standard InChI is InChI=1S/C22H23N3O3S/c1-2-9-29-20-11-18-16(10-19(20)28-15-7-8-15)17(12-25(18)22(24)27)13-3-5-14(6-4-13)21(23)26/h3-6,10-12,15H,2,7-9H2,1H3,(H2,23,26)(H2,24,27). The van der Waals surface area contributed by atoms with Gasteiger partial charge >= 0.3 is 6.03 Å². The van der Waals surface area contributed by atoms with Gasteiger partial charge in [-0.1, -0.05) is 19.1 Å². The minimum Gasteiger partial charge on any atom is -0.489 e. The molecular weight excluding hydrogens is 386 g/mol. The van der Waals surface area contributed by atoms with E-state index in [-0.39, 0.29) is 6.10 Å². The van der Waals surface area contributed by atoms with Crippen LogP contribution in [0.15, 0.2) is 47.5 Å². The molecule has 0 radical (unpaired) electrons. The van der Waals surface area contributed by atoms with Gasteiger partial charge in [0, 0.05) is 22.7 Å². The van der Waals surface area contributed by atoms with E-state index < -0.39 is 11.9 Å². The Kier molecular flexibility index (Phi) is 5.24. The molecule has 0 aliphatic heterocycles. The molecule has 0 unspecified atom stereocenters. The molecule has 0 spiro atoms. The summed E-state index contributed by atoms with van der Waals surface area (Å²) in [5.41, 5.74) is 13.9. The lowest BCUT2D eigenvalue weighted by molar-refractivity contribution is 0.100. The normalized spacial score (nSPS) is 13.6. The Morgan fingerprint density at radius 2 is 1.90 bits per heavy atom. The van der Waals surface area contributed by atoms with Crippen LogP contribution in [0.5, 0.6) is 5.75 Å². The van der Waals surface area contributed by atoms with Crippen molar-refractivity contribution in [1.29, 1.82) is 0 Å². The molecule has 1 saturated carbocycles. The summed E-state index contributed by atoms with van der Waals surface area (Å²) in [5.74, 6) is 1.33. The molecule has 7 heteroatoms. The average molecular weight is 410 g/mol. The summed E-state index contributed by atoms with van der Waals surface area (Å²) in [6.45, 7) is 2.13. The molecule has 0 atom stereocenters. The molecule has 4 N–H and O–H groups in total. The monoisotopic (exact) mass is 409 g/mol. The predicted octanol–water partition coefficient (Wildman–Crippen LogP) is 4.38. The number of thioether (sulfide) groups is 1. The van der Waals surface area contributed by atoms with Gasteiger partial charge in [-0.3, -0.25) is 9.36 Å². The maximum absolute atomic E-state index is 12.1. The van der Waals surface area contributed by atoms with Gasteiger partial charge in [-0.15, -0.1) is 11.8 Å². The molecule has 0 saturated heterocycles. The van der Waals surface area contributed by atoms with Gasteiger partial charge in [0.25, 0.3) is 0 Å². The highest BCUT2D eigenvalue weighted by atomic mass is 32.2. The third-order valence-corrected chi connectivity index (χ3v) is 6.11. The van der Waals surface area contributed by atoms with Crippen LogP contribution in [0.2, 0.25) is 0 Å². The summed E-state index contributed by atoms with van der Waals surface area (Å²) < 4.78 is 7.63. The molecule has 150 valence electrons. The van der Waals surface area contributed by atoms with Crippen molar-refractivity contribution in [3.05, 3.63) is 48.2 Å². The minimum atomic E-state index is -0.544. The number of ether oxygens (including phenoxy) is 1. The smallest absolute Gasteiger partial charge is 0.323 e. The lowest BCUT2D eigenvalue weighted by atomic mass is 10.0. The maximum Gasteiger partial charge on any atom is 0.323 e. The van der Waals surface area contributed by atoms with E-state index in [0.717, 1.165) is 57.7 Å². The van der Waals surface area contributed by atoms with Gasteiger partial charge in [-0.25, -0.2) is 4.79 Å². The van der Waals surface area contributed by atoms with Crippen LogP contribution in [0, 0.1) is 0 Å². The molecule has 6 nitrogen and oxygen atoms in total. The van der Waals surface area contributed by atoms with Gasteiger partial charge in [0.1, 0.15) is 5.75 Å². The van der Waals surface area contributed by atoms with E-state index in [0.29, 0.717) is 5.56 Å². The zero-order valence-electron chi connectivity index (χ0n) is 16.2. The van der Waals surface area contributed by atoms with Crippen molar-refractivity contribution in [2.24, 2.45) is 11.5 Å². The number of benzene rings is 2. The van der Waals surface area contributed by atoms with Crippen LogP contribution in [-0.4, -0.2) is 28.4 Å². The van der Waals surface area contributed by atoms with Crippen LogP contribution in [0.1, 0.15) is 36.5 Å². The molecule has 0 bridgehead atoms. The highest BCUT2D eigenvalue weighted by Gasteiger charge is 2.26. The average Bonchev–Trinajstić information content (AvgIpc) is 3.44. The molecule has 1 fully saturated rings. The first-order valence-electron chi connectivity index (χ1n) is 9.66. The number of nitrogens with zero attached hydrogens (tertiary/aromatic N) is 1. The summed E-state index contributed by atoms with van der Waals surface area (Å²) in [6, 6.07) is 10.4. The van der Waals surface area contributed by atoms with Crippen LogP contribution in [0.4, 0.5) is 4.79 Å². The first-order chi connectivity index (χ1) is 14.0. The van der Waals surface area contributed by atoms with Crippen molar-refractivity contribution < 1.29 is 14.3 Å². The summed E-state index contributed by atoms with van der Waals surface area (Å²) in [5, 5.41) is 0.882. The van der Waals surface area contributed by atoms with E-state index in [1.54, 1.807) is 30.1 Å². The molecule has 1 aliphatic rings. The lowest BCUT2D eigenvalue weighted by Gasteiger charge is -2.12. The minimum absolute atomic E-state index is 0.268. The Morgan fingerprint density at radius 3 is 2.48 bits per heavy atom. The van der Waals surface area contributed by atoms with E-state index in [1.165, 1.54) is 4.57 Å². The van der Waals surface area contributed by atoms with Gasteiger partial charge < -0.3 is 16.2 Å². The third-order valence-electron chi connectivity index (χ3n) is 4.87. The van der Waals surface area contributed by atoms with Crippen LogP contribution in [0.3, 0.4) is 0 Å². The number of carbonyl (C=O) groups excluding carboxylic acids is 2. The first kappa shape index (κ1) is 19.4. The number of rotatable bonds is 7. The highest BCUT2D eigenvalue weighted by Crippen LogP contribution is 2.41. The zero-order chi connectivity index (χ0) is 20.5. The maximum atomic E-state index is 12.1. The molecule has 1 aromatic heterocycles. The second-order valence-corrected chi connectivity index (χ2v) is 8.31. The van der Waals surface area contributed by atoms with E-state index in [1.807, 2.05) is 24.3 Å². The quantitative estimate of drug-likeness (QED) is 0.566. The summed E-state index contributed by atoms with van der Waals surface area (Å²) in [7, 11) is 0. The fraction of sp³-hybridized carbons (Fsp3) is 0.273. The SMILES string of the molecule is CCCSc1cc2c(cc1OC1CC1)c(-c1ccc(C(N)=O)cc1)cn2C(N)=O. The van der Waals surface area contributed by atoms with E-state index in [4.69, 9.17) is 16.2 Å². The Bertz CT molecular complexity index is 1080. The summed E-state index contributed by atoms with van der Waals surface area (Å²) in [6.07, 6.45) is 5.19. The number of fused-ring (bicyclic) bond motifs is 1. The fourth-order valence-corrected chi connectivity index (χ4v) is 4.11. The number of primary amides is 2. The summed E-state index contributed by atoms with van der Waals surface area (Å²) in [4.78, 5) is 24.5. The van der Waals surface area contributed by atoms with Crippen LogP contribution >= 0.6 is 11.8 Å². The van der Waals surface area contributed by atoms with Crippen molar-refractivity contribution >= 4 is 34.6 Å². The van der Waals surface area contributed by atoms with Gasteiger partial charge in [0.2, 0.25) is 5.91 Å². The number of nitrogens with two attached hydrogens (primary N) is 2. The number of amides is 2. The van der Waals surface area contributed by atoms with E-state index >= 15 is 0 Å². The number of carbonyl (C=O) groups is 2. The predicted molar refractivity (Wildman–Crippen MR) is 116 cm³/mol. The molecular formula is C22H23N3O3S. The number of hydrogen-bond donors (Lipinski definition) is 2. The van der Waals surface area contributed by atoms with Crippen LogP contribution in [0.25, 0.3) is 22.0 Å². The van der Waals surface area contributed by atoms with E-state index in [9.17, 15) is 9.59 Å². The van der Waals surface area contributed by atoms with Crippen LogP contribution < -0.4 is 16.2 Å². The molecule has 1 aliphatic carbocycles. The lowest BCUT2D eigenvalue weighted by Crippen LogP contribution is -2.18. The molecule has 29 heavy (non-hydrogen) atoms. The fourth-order valence-electron chi connectivity index (χ4n) is 3.24. The van der Waals surface area contributed by atoms with Gasteiger partial charge in [-0.2, -0.15) is 0 Å². The topological polar surface area (TPSA) is 100 Å². The molecule has 4 rings (SSSR count). The zero-order valence-corrected chi connectivity index (χ0v) is 17.0. The second-order valence-electron chi connectivity index (χ2n) is 7.17. The highest BCUT2D eigenvalue weighted by molar-refractivity contribution is 7.99.